The quantitative estimate of drug-likeness (QED) is 0.595. The second-order valence-corrected chi connectivity index (χ2v) is 4.04. The molecule has 0 saturated heterocycles. The van der Waals surface area contributed by atoms with E-state index in [2.05, 4.69) is 9.97 Å². The number of nitrogens with zero attached hydrogens (tertiary/aromatic N) is 1. The average molecular weight is 298 g/mol. The first kappa shape index (κ1) is 14.6. The minimum Gasteiger partial charge on any atom is -0.506 e. The van der Waals surface area contributed by atoms with E-state index < -0.39 is 12.1 Å². The molecule has 0 unspecified atom stereocenters. The first-order valence-electron chi connectivity index (χ1n) is 5.64. The van der Waals surface area contributed by atoms with Gasteiger partial charge in [0.05, 0.1) is 5.52 Å². The summed E-state index contributed by atoms with van der Waals surface area (Å²) >= 11 is 0. The Morgan fingerprint density at radius 1 is 1.24 bits per heavy atom. The van der Waals surface area contributed by atoms with Crippen LogP contribution in [-0.4, -0.2) is 32.3 Å². The Morgan fingerprint density at radius 3 is 2.52 bits per heavy atom. The van der Waals surface area contributed by atoms with E-state index in [0.29, 0.717) is 5.52 Å². The summed E-state index contributed by atoms with van der Waals surface area (Å²) < 4.78 is 31.7. The second-order valence-electron chi connectivity index (χ2n) is 4.04. The van der Waals surface area contributed by atoms with Crippen molar-refractivity contribution in [3.8, 4) is 5.75 Å². The van der Waals surface area contributed by atoms with Gasteiger partial charge in [0, 0.05) is 23.2 Å². The number of hydrogen-bond acceptors (Lipinski definition) is 3. The molecule has 2 aromatic heterocycles. The lowest BCUT2D eigenvalue weighted by Crippen LogP contribution is -2.21. The van der Waals surface area contributed by atoms with Crippen LogP contribution in [0.25, 0.3) is 21.8 Å². The molecule has 0 fully saturated rings. The van der Waals surface area contributed by atoms with E-state index in [1.54, 1.807) is 12.3 Å². The third kappa shape index (κ3) is 3.04. The molecule has 0 aliphatic rings. The molecule has 1 aromatic carbocycles. The van der Waals surface area contributed by atoms with Crippen molar-refractivity contribution >= 4 is 27.8 Å². The number of fused-ring (bicyclic) bond motifs is 3. The fourth-order valence-electron chi connectivity index (χ4n) is 1.73. The Kier molecular flexibility index (Phi) is 3.70. The van der Waals surface area contributed by atoms with Crippen LogP contribution >= 0.6 is 0 Å². The first-order chi connectivity index (χ1) is 9.80. The number of aromatic nitrogens is 2. The molecule has 5 nitrogen and oxygen atoms in total. The smallest absolute Gasteiger partial charge is 0.490 e. The minimum absolute atomic E-state index is 0.221. The number of carboxylic acid groups (broad SMARTS) is 1. The molecule has 0 radical (unpaired) electrons. The summed E-state index contributed by atoms with van der Waals surface area (Å²) in [5.41, 5.74) is 1.66. The van der Waals surface area contributed by atoms with Gasteiger partial charge in [0.25, 0.3) is 0 Å². The number of aromatic amines is 1. The van der Waals surface area contributed by atoms with Gasteiger partial charge in [-0.05, 0) is 12.1 Å². The Morgan fingerprint density at radius 2 is 1.90 bits per heavy atom. The molecule has 3 aromatic rings. The number of para-hydroxylation sites is 1. The predicted molar refractivity (Wildman–Crippen MR) is 69.0 cm³/mol. The highest BCUT2D eigenvalue weighted by atomic mass is 19.4. The maximum Gasteiger partial charge on any atom is 0.490 e. The number of carboxylic acids is 1. The van der Waals surface area contributed by atoms with Crippen molar-refractivity contribution in [3.63, 3.8) is 0 Å². The second kappa shape index (κ2) is 5.31. The van der Waals surface area contributed by atoms with Gasteiger partial charge in [-0.1, -0.05) is 12.1 Å². The fourth-order valence-corrected chi connectivity index (χ4v) is 1.73. The van der Waals surface area contributed by atoms with Crippen LogP contribution in [0.5, 0.6) is 5.75 Å². The van der Waals surface area contributed by atoms with E-state index in [1.165, 1.54) is 0 Å². The highest BCUT2D eigenvalue weighted by molar-refractivity contribution is 6.04. The fraction of sp³-hybridized carbons (Fsp3) is 0.0769. The number of phenols is 1. The summed E-state index contributed by atoms with van der Waals surface area (Å²) in [5.74, 6) is -2.54. The van der Waals surface area contributed by atoms with Crippen molar-refractivity contribution in [3.05, 3.63) is 36.7 Å². The Bertz CT molecular complexity index is 796. The van der Waals surface area contributed by atoms with Crippen LogP contribution in [0.3, 0.4) is 0 Å². The number of benzene rings is 1. The van der Waals surface area contributed by atoms with Crippen molar-refractivity contribution in [1.82, 2.24) is 9.97 Å². The van der Waals surface area contributed by atoms with Crippen LogP contribution in [0.15, 0.2) is 36.7 Å². The number of pyridine rings is 1. The molecular weight excluding hydrogens is 289 g/mol. The van der Waals surface area contributed by atoms with Gasteiger partial charge < -0.3 is 15.2 Å². The SMILES string of the molecule is O=C(O)C(F)(F)F.Oc1cccc2c1ncc1cc[nH]c12. The predicted octanol–water partition coefficient (Wildman–Crippen LogP) is 3.06. The number of H-pyrrole nitrogens is 1. The lowest BCUT2D eigenvalue weighted by atomic mass is 10.1. The molecule has 0 bridgehead atoms. The zero-order valence-corrected chi connectivity index (χ0v) is 10.3. The Balaban J connectivity index is 0.000000199. The molecule has 0 spiro atoms. The largest absolute Gasteiger partial charge is 0.506 e. The third-order valence-electron chi connectivity index (χ3n) is 2.64. The van der Waals surface area contributed by atoms with Gasteiger partial charge in [-0.25, -0.2) is 4.79 Å². The van der Waals surface area contributed by atoms with Crippen molar-refractivity contribution in [1.29, 1.82) is 0 Å². The molecule has 0 saturated carbocycles. The molecule has 3 rings (SSSR count). The number of rotatable bonds is 0. The zero-order valence-electron chi connectivity index (χ0n) is 10.3. The van der Waals surface area contributed by atoms with Crippen molar-refractivity contribution in [2.75, 3.05) is 0 Å². The summed E-state index contributed by atoms with van der Waals surface area (Å²) in [4.78, 5) is 16.2. The van der Waals surface area contributed by atoms with Gasteiger partial charge in [0.15, 0.2) is 0 Å². The Hall–Kier alpha value is -2.77. The van der Waals surface area contributed by atoms with Gasteiger partial charge in [-0.15, -0.1) is 0 Å². The molecule has 0 aliphatic carbocycles. The van der Waals surface area contributed by atoms with Crippen molar-refractivity contribution in [2.45, 2.75) is 6.18 Å². The average Bonchev–Trinajstić information content (AvgIpc) is 2.87. The van der Waals surface area contributed by atoms with Crippen LogP contribution in [-0.2, 0) is 4.79 Å². The summed E-state index contributed by atoms with van der Waals surface area (Å²) in [6.45, 7) is 0. The number of aliphatic carboxylic acids is 1. The molecule has 21 heavy (non-hydrogen) atoms. The van der Waals surface area contributed by atoms with E-state index in [4.69, 9.17) is 9.90 Å². The number of nitrogens with one attached hydrogen (secondary N) is 1. The molecule has 3 N–H and O–H groups in total. The number of hydrogen-bond donors (Lipinski definition) is 3. The van der Waals surface area contributed by atoms with Crippen LogP contribution in [0, 0.1) is 0 Å². The van der Waals surface area contributed by atoms with Gasteiger partial charge in [-0.2, -0.15) is 13.2 Å². The molecule has 0 atom stereocenters. The van der Waals surface area contributed by atoms with E-state index in [9.17, 15) is 18.3 Å². The summed E-state index contributed by atoms with van der Waals surface area (Å²) in [6.07, 6.45) is -1.45. The molecule has 0 aliphatic heterocycles. The van der Waals surface area contributed by atoms with Gasteiger partial charge in [-0.3, -0.25) is 4.98 Å². The molecule has 2 heterocycles. The van der Waals surface area contributed by atoms with Crippen molar-refractivity contribution in [2.24, 2.45) is 0 Å². The van der Waals surface area contributed by atoms with E-state index in [0.717, 1.165) is 16.3 Å². The summed E-state index contributed by atoms with van der Waals surface area (Å²) in [6, 6.07) is 7.37. The van der Waals surface area contributed by atoms with Gasteiger partial charge in [0.1, 0.15) is 11.3 Å². The maximum atomic E-state index is 10.6. The van der Waals surface area contributed by atoms with Crippen LogP contribution in [0.2, 0.25) is 0 Å². The minimum atomic E-state index is -5.08. The summed E-state index contributed by atoms with van der Waals surface area (Å²) in [7, 11) is 0. The van der Waals surface area contributed by atoms with E-state index in [-0.39, 0.29) is 5.75 Å². The standard InChI is InChI=1S/C11H8N2O.C2HF3O2/c14-9-3-1-2-8-10-7(4-5-12-10)6-13-11(8)9;3-2(4,5)1(6)7/h1-6,12,14H;(H,6,7). The van der Waals surface area contributed by atoms with Crippen LogP contribution in [0.1, 0.15) is 0 Å². The zero-order chi connectivity index (χ0) is 15.6. The molecule has 0 amide bonds. The maximum absolute atomic E-state index is 10.6. The number of carbonyl (C=O) groups is 1. The number of alkyl halides is 3. The van der Waals surface area contributed by atoms with Gasteiger partial charge in [0.2, 0.25) is 0 Å². The molecule has 8 heteroatoms. The van der Waals surface area contributed by atoms with Crippen LogP contribution < -0.4 is 0 Å². The Labute approximate surface area is 115 Å². The highest BCUT2D eigenvalue weighted by Gasteiger charge is 2.38. The number of phenolic OH excluding ortho intramolecular Hbond substituents is 1. The van der Waals surface area contributed by atoms with Crippen LogP contribution in [0.4, 0.5) is 13.2 Å². The topological polar surface area (TPSA) is 86.2 Å². The summed E-state index contributed by atoms with van der Waals surface area (Å²) in [5, 5.41) is 18.7. The van der Waals surface area contributed by atoms with Crippen molar-refractivity contribution < 1.29 is 28.2 Å². The third-order valence-corrected chi connectivity index (χ3v) is 2.64. The number of aromatic hydroxyl groups is 1. The van der Waals surface area contributed by atoms with E-state index in [1.807, 2.05) is 24.4 Å². The normalized spacial score (nSPS) is 11.2. The lowest BCUT2D eigenvalue weighted by Gasteiger charge is -2.00. The molecule has 110 valence electrons. The highest BCUT2D eigenvalue weighted by Crippen LogP contribution is 2.27. The first-order valence-corrected chi connectivity index (χ1v) is 5.64. The number of halogens is 3. The molecular formula is C13H9F3N2O3. The monoisotopic (exact) mass is 298 g/mol. The lowest BCUT2D eigenvalue weighted by molar-refractivity contribution is -0.192. The van der Waals surface area contributed by atoms with Gasteiger partial charge >= 0.3 is 12.1 Å². The van der Waals surface area contributed by atoms with E-state index >= 15 is 0 Å².